The van der Waals surface area contributed by atoms with E-state index >= 15 is 0 Å². The number of nitrogens with one attached hydrogen (secondary N) is 2. The molecule has 4 aromatic rings. The van der Waals surface area contributed by atoms with E-state index < -0.39 is 24.5 Å². The number of nitrogens with zero attached hydrogens (tertiary/aromatic N) is 3. The fourth-order valence-electron chi connectivity index (χ4n) is 3.83. The molecular weight excluding hydrogens is 475 g/mol. The van der Waals surface area contributed by atoms with Crippen LogP contribution in [0, 0.1) is 13.8 Å². The number of alkyl halides is 3. The fraction of sp³-hybridized carbons (Fsp3) is 0.280. The summed E-state index contributed by atoms with van der Waals surface area (Å²) in [6.07, 6.45) is -2.96. The molecule has 0 aliphatic rings. The van der Waals surface area contributed by atoms with E-state index in [2.05, 4.69) is 10.4 Å². The number of benzene rings is 1. The predicted octanol–water partition coefficient (Wildman–Crippen LogP) is 5.43. The van der Waals surface area contributed by atoms with Crippen LogP contribution in [0.1, 0.15) is 52.1 Å². The summed E-state index contributed by atoms with van der Waals surface area (Å²) in [5.74, 6) is -0.0361. The van der Waals surface area contributed by atoms with E-state index in [4.69, 9.17) is 9.40 Å². The predicted molar refractivity (Wildman–Crippen MR) is 128 cm³/mol. The van der Waals surface area contributed by atoms with Gasteiger partial charge in [-0.1, -0.05) is 6.07 Å². The summed E-state index contributed by atoms with van der Waals surface area (Å²) in [5, 5.41) is 9.46. The molecule has 0 fully saturated rings. The fourth-order valence-corrected chi connectivity index (χ4v) is 3.83. The van der Waals surface area contributed by atoms with Gasteiger partial charge in [-0.25, -0.2) is 9.67 Å². The number of anilines is 1. The van der Waals surface area contributed by atoms with Crippen LogP contribution in [-0.2, 0) is 0 Å². The van der Waals surface area contributed by atoms with Crippen LogP contribution in [-0.4, -0.2) is 39.3 Å². The second kappa shape index (κ2) is 9.48. The maximum Gasteiger partial charge on any atom is 0.405 e. The summed E-state index contributed by atoms with van der Waals surface area (Å²) in [6.45, 7) is 6.07. The summed E-state index contributed by atoms with van der Waals surface area (Å²) in [6, 6.07) is 9.15. The van der Waals surface area contributed by atoms with E-state index in [9.17, 15) is 22.8 Å². The van der Waals surface area contributed by atoms with Crippen LogP contribution in [0.4, 0.5) is 18.9 Å². The Bertz CT molecular complexity index is 1450. The largest absolute Gasteiger partial charge is 0.466 e. The highest BCUT2D eigenvalue weighted by molar-refractivity contribution is 6.13. The first-order chi connectivity index (χ1) is 16.9. The molecule has 3 aromatic heterocycles. The van der Waals surface area contributed by atoms with Gasteiger partial charge in [-0.05, 0) is 58.0 Å². The summed E-state index contributed by atoms with van der Waals surface area (Å²) in [7, 11) is 0. The van der Waals surface area contributed by atoms with Crippen molar-refractivity contribution < 1.29 is 27.2 Å². The summed E-state index contributed by atoms with van der Waals surface area (Å²) in [5.41, 5.74) is 2.32. The van der Waals surface area contributed by atoms with Crippen LogP contribution in [0.15, 0.2) is 47.0 Å². The summed E-state index contributed by atoms with van der Waals surface area (Å²) < 4.78 is 44.7. The second-order valence-corrected chi connectivity index (χ2v) is 8.63. The average molecular weight is 499 g/mol. The number of carbonyl (C=O) groups excluding carboxylic acids is 2. The Morgan fingerprint density at radius 3 is 2.50 bits per heavy atom. The van der Waals surface area contributed by atoms with Crippen molar-refractivity contribution in [2.24, 2.45) is 0 Å². The van der Waals surface area contributed by atoms with Crippen molar-refractivity contribution in [3.05, 3.63) is 65.2 Å². The van der Waals surface area contributed by atoms with Gasteiger partial charge in [-0.2, -0.15) is 18.3 Å². The Balaban J connectivity index is 1.69. The number of rotatable bonds is 6. The third-order valence-electron chi connectivity index (χ3n) is 5.45. The molecule has 11 heteroatoms. The highest BCUT2D eigenvalue weighted by Crippen LogP contribution is 2.30. The molecule has 0 bridgehead atoms. The van der Waals surface area contributed by atoms with Crippen molar-refractivity contribution in [1.29, 1.82) is 0 Å². The molecular formula is C25H24F3N5O3. The van der Waals surface area contributed by atoms with Crippen LogP contribution in [0.2, 0.25) is 0 Å². The molecule has 2 N–H and O–H groups in total. The number of furan rings is 1. The minimum absolute atomic E-state index is 0.0137. The van der Waals surface area contributed by atoms with Crippen LogP contribution < -0.4 is 10.6 Å². The lowest BCUT2D eigenvalue weighted by Crippen LogP contribution is -2.33. The van der Waals surface area contributed by atoms with Gasteiger partial charge in [0, 0.05) is 22.9 Å². The lowest BCUT2D eigenvalue weighted by Gasteiger charge is -2.12. The van der Waals surface area contributed by atoms with Crippen molar-refractivity contribution in [2.45, 2.75) is 39.9 Å². The SMILES string of the molecule is Cc1cc(-c2cc(C(=O)Nc3cccc(C(=O)NCC(F)(F)F)c3)c3cnn(C(C)C)c3n2)c(C)o1. The Morgan fingerprint density at radius 1 is 1.11 bits per heavy atom. The minimum atomic E-state index is -4.53. The minimum Gasteiger partial charge on any atom is -0.466 e. The highest BCUT2D eigenvalue weighted by Gasteiger charge is 2.28. The van der Waals surface area contributed by atoms with Crippen LogP contribution in [0.5, 0.6) is 0 Å². The van der Waals surface area contributed by atoms with Gasteiger partial charge in [0.2, 0.25) is 0 Å². The molecule has 0 unspecified atom stereocenters. The van der Waals surface area contributed by atoms with Crippen molar-refractivity contribution in [2.75, 3.05) is 11.9 Å². The Kier molecular flexibility index (Phi) is 6.57. The van der Waals surface area contributed by atoms with Gasteiger partial charge in [0.05, 0.1) is 22.8 Å². The van der Waals surface area contributed by atoms with Crippen LogP contribution >= 0.6 is 0 Å². The van der Waals surface area contributed by atoms with Crippen LogP contribution in [0.25, 0.3) is 22.3 Å². The Labute approximate surface area is 204 Å². The molecule has 3 heterocycles. The van der Waals surface area contributed by atoms with Gasteiger partial charge in [0.1, 0.15) is 18.1 Å². The third-order valence-corrected chi connectivity index (χ3v) is 5.45. The summed E-state index contributed by atoms with van der Waals surface area (Å²) in [4.78, 5) is 30.2. The first-order valence-corrected chi connectivity index (χ1v) is 11.1. The maximum absolute atomic E-state index is 13.4. The molecule has 36 heavy (non-hydrogen) atoms. The van der Waals surface area contributed by atoms with Gasteiger partial charge < -0.3 is 15.1 Å². The van der Waals surface area contributed by atoms with Crippen molar-refractivity contribution in [3.63, 3.8) is 0 Å². The molecule has 0 aliphatic heterocycles. The zero-order valence-electron chi connectivity index (χ0n) is 20.0. The lowest BCUT2D eigenvalue weighted by atomic mass is 10.1. The molecule has 0 spiro atoms. The van der Waals surface area contributed by atoms with E-state index in [1.165, 1.54) is 18.2 Å². The molecule has 0 radical (unpaired) electrons. The van der Waals surface area contributed by atoms with E-state index in [1.807, 2.05) is 39.1 Å². The zero-order chi connectivity index (χ0) is 26.2. The summed E-state index contributed by atoms with van der Waals surface area (Å²) >= 11 is 0. The van der Waals surface area contributed by atoms with E-state index in [0.29, 0.717) is 33.8 Å². The van der Waals surface area contributed by atoms with Gasteiger partial charge in [-0.3, -0.25) is 9.59 Å². The van der Waals surface area contributed by atoms with Crippen molar-refractivity contribution >= 4 is 28.5 Å². The molecule has 0 atom stereocenters. The average Bonchev–Trinajstić information content (AvgIpc) is 3.38. The number of aryl methyl sites for hydroxylation is 2. The molecule has 188 valence electrons. The third kappa shape index (κ3) is 5.24. The van der Waals surface area contributed by atoms with E-state index in [0.717, 1.165) is 5.56 Å². The molecule has 2 amide bonds. The monoisotopic (exact) mass is 499 g/mol. The number of pyridine rings is 1. The number of amides is 2. The molecule has 0 saturated carbocycles. The second-order valence-electron chi connectivity index (χ2n) is 8.63. The zero-order valence-corrected chi connectivity index (χ0v) is 20.0. The van der Waals surface area contributed by atoms with Gasteiger partial charge in [0.15, 0.2) is 5.65 Å². The van der Waals surface area contributed by atoms with E-state index in [1.54, 1.807) is 23.0 Å². The molecule has 0 aliphatic carbocycles. The first-order valence-electron chi connectivity index (χ1n) is 11.1. The van der Waals surface area contributed by atoms with Gasteiger partial charge in [-0.15, -0.1) is 0 Å². The van der Waals surface area contributed by atoms with E-state index in [-0.39, 0.29) is 17.3 Å². The topological polar surface area (TPSA) is 102 Å². The van der Waals surface area contributed by atoms with Gasteiger partial charge >= 0.3 is 6.18 Å². The van der Waals surface area contributed by atoms with Gasteiger partial charge in [0.25, 0.3) is 11.8 Å². The first kappa shape index (κ1) is 25.0. The Hall–Kier alpha value is -4.15. The Morgan fingerprint density at radius 2 is 1.86 bits per heavy atom. The highest BCUT2D eigenvalue weighted by atomic mass is 19.4. The quantitative estimate of drug-likeness (QED) is 0.368. The maximum atomic E-state index is 13.4. The number of fused-ring (bicyclic) bond motifs is 1. The number of hydrogen-bond donors (Lipinski definition) is 2. The molecule has 0 saturated heterocycles. The van der Waals surface area contributed by atoms with Crippen LogP contribution in [0.3, 0.4) is 0 Å². The standard InChI is InChI=1S/C25H24F3N5O3/c1-13(2)33-22-20(11-30-33)19(10-21(32-22)18-8-14(3)36-15(18)4)24(35)31-17-7-5-6-16(9-17)23(34)29-12-25(26,27)28/h5-11,13H,12H2,1-4H3,(H,29,34)(H,31,35). The smallest absolute Gasteiger partial charge is 0.405 e. The normalized spacial score (nSPS) is 11.8. The number of aromatic nitrogens is 3. The van der Waals surface area contributed by atoms with Crippen molar-refractivity contribution in [3.8, 4) is 11.3 Å². The molecule has 1 aromatic carbocycles. The number of hydrogen-bond acceptors (Lipinski definition) is 5. The van der Waals surface area contributed by atoms with Crippen molar-refractivity contribution in [1.82, 2.24) is 20.1 Å². The molecule has 8 nitrogen and oxygen atoms in total. The molecule has 4 rings (SSSR count). The number of carbonyl (C=O) groups is 2. The number of halogens is 3. The lowest BCUT2D eigenvalue weighted by molar-refractivity contribution is -0.123.